The second-order valence-corrected chi connectivity index (χ2v) is 7.32. The Balaban J connectivity index is 1.79. The van der Waals surface area contributed by atoms with E-state index in [1.54, 1.807) is 38.3 Å². The molecule has 0 aromatic heterocycles. The van der Waals surface area contributed by atoms with Gasteiger partial charge in [-0.2, -0.15) is 0 Å². The SMILES string of the molecule is COc1ccc(O[C@H](C)C(=O)NCCOc2ccccc2C(C)(C)C)cc1. The lowest BCUT2D eigenvalue weighted by Crippen LogP contribution is -2.38. The van der Waals surface area contributed by atoms with Gasteiger partial charge in [0.2, 0.25) is 0 Å². The van der Waals surface area contributed by atoms with Crippen molar-refractivity contribution < 1.29 is 19.0 Å². The summed E-state index contributed by atoms with van der Waals surface area (Å²) in [7, 11) is 1.61. The number of ether oxygens (including phenoxy) is 3. The van der Waals surface area contributed by atoms with Crippen LogP contribution in [0, 0.1) is 0 Å². The van der Waals surface area contributed by atoms with Crippen molar-refractivity contribution in [2.24, 2.45) is 0 Å². The van der Waals surface area contributed by atoms with Gasteiger partial charge in [0.15, 0.2) is 6.10 Å². The van der Waals surface area contributed by atoms with Crippen LogP contribution >= 0.6 is 0 Å². The Morgan fingerprint density at radius 3 is 2.30 bits per heavy atom. The minimum Gasteiger partial charge on any atom is -0.497 e. The number of amides is 1. The smallest absolute Gasteiger partial charge is 0.260 e. The predicted octanol–water partition coefficient (Wildman–Crippen LogP) is 3.96. The van der Waals surface area contributed by atoms with Gasteiger partial charge in [0.1, 0.15) is 23.9 Å². The number of carbonyl (C=O) groups is 1. The first-order valence-electron chi connectivity index (χ1n) is 9.12. The lowest BCUT2D eigenvalue weighted by atomic mass is 9.86. The van der Waals surface area contributed by atoms with Crippen LogP contribution in [0.15, 0.2) is 48.5 Å². The van der Waals surface area contributed by atoms with Crippen molar-refractivity contribution in [1.82, 2.24) is 5.32 Å². The second kappa shape index (κ2) is 9.31. The molecule has 1 N–H and O–H groups in total. The van der Waals surface area contributed by atoms with E-state index in [2.05, 4.69) is 32.2 Å². The Morgan fingerprint density at radius 1 is 1.04 bits per heavy atom. The van der Waals surface area contributed by atoms with Crippen LogP contribution in [0.3, 0.4) is 0 Å². The Labute approximate surface area is 161 Å². The average Bonchev–Trinajstić information content (AvgIpc) is 2.65. The highest BCUT2D eigenvalue weighted by Gasteiger charge is 2.18. The van der Waals surface area contributed by atoms with E-state index in [4.69, 9.17) is 14.2 Å². The van der Waals surface area contributed by atoms with Gasteiger partial charge in [0.25, 0.3) is 5.91 Å². The van der Waals surface area contributed by atoms with Gasteiger partial charge in [0, 0.05) is 0 Å². The van der Waals surface area contributed by atoms with Crippen molar-refractivity contribution in [2.75, 3.05) is 20.3 Å². The summed E-state index contributed by atoms with van der Waals surface area (Å²) in [5.41, 5.74) is 1.15. The number of rotatable bonds is 8. The topological polar surface area (TPSA) is 56.8 Å². The zero-order valence-corrected chi connectivity index (χ0v) is 16.7. The largest absolute Gasteiger partial charge is 0.497 e. The molecule has 0 saturated carbocycles. The molecule has 0 fully saturated rings. The quantitative estimate of drug-likeness (QED) is 0.714. The minimum atomic E-state index is -0.597. The molecule has 1 amide bonds. The van der Waals surface area contributed by atoms with Crippen LogP contribution in [0.5, 0.6) is 17.2 Å². The first kappa shape index (κ1) is 20.6. The van der Waals surface area contributed by atoms with E-state index in [1.165, 1.54) is 0 Å². The van der Waals surface area contributed by atoms with Gasteiger partial charge in [-0.3, -0.25) is 4.79 Å². The molecule has 2 rings (SSSR count). The zero-order chi connectivity index (χ0) is 19.9. The first-order valence-corrected chi connectivity index (χ1v) is 9.12. The van der Waals surface area contributed by atoms with Gasteiger partial charge in [0.05, 0.1) is 13.7 Å². The van der Waals surface area contributed by atoms with E-state index < -0.39 is 6.10 Å². The third-order valence-corrected chi connectivity index (χ3v) is 4.10. The molecular formula is C22H29NO4. The summed E-state index contributed by atoms with van der Waals surface area (Å²) in [5, 5.41) is 2.84. The van der Waals surface area contributed by atoms with Crippen molar-refractivity contribution in [2.45, 2.75) is 39.2 Å². The standard InChI is InChI=1S/C22H29NO4/c1-16(27-18-12-10-17(25-5)11-13-18)21(24)23-14-15-26-20-9-7-6-8-19(20)22(2,3)4/h6-13,16H,14-15H2,1-5H3,(H,23,24)/t16-/m1/s1. The minimum absolute atomic E-state index is 0.000556. The normalized spacial score (nSPS) is 12.2. The van der Waals surface area contributed by atoms with Crippen LogP contribution in [-0.4, -0.2) is 32.3 Å². The van der Waals surface area contributed by atoms with Crippen molar-refractivity contribution in [3.63, 3.8) is 0 Å². The summed E-state index contributed by atoms with van der Waals surface area (Å²) in [6.07, 6.45) is -0.597. The molecule has 1 atom stereocenters. The molecule has 5 heteroatoms. The van der Waals surface area contributed by atoms with Crippen LogP contribution < -0.4 is 19.5 Å². The summed E-state index contributed by atoms with van der Waals surface area (Å²) in [6.45, 7) is 8.97. The van der Waals surface area contributed by atoms with E-state index in [0.717, 1.165) is 17.1 Å². The summed E-state index contributed by atoms with van der Waals surface area (Å²) < 4.78 is 16.6. The molecule has 27 heavy (non-hydrogen) atoms. The second-order valence-electron chi connectivity index (χ2n) is 7.32. The van der Waals surface area contributed by atoms with Gasteiger partial charge in [-0.1, -0.05) is 39.0 Å². The van der Waals surface area contributed by atoms with Gasteiger partial charge in [-0.05, 0) is 48.2 Å². The summed E-state index contributed by atoms with van der Waals surface area (Å²) in [5.74, 6) is 2.03. The number of carbonyl (C=O) groups excluding carboxylic acids is 1. The Kier molecular flexibility index (Phi) is 7.11. The molecule has 0 unspecified atom stereocenters. The molecule has 0 bridgehead atoms. The fourth-order valence-electron chi connectivity index (χ4n) is 2.60. The molecule has 0 spiro atoms. The van der Waals surface area contributed by atoms with Crippen LogP contribution in [0.2, 0.25) is 0 Å². The number of hydrogen-bond donors (Lipinski definition) is 1. The van der Waals surface area contributed by atoms with E-state index in [1.807, 2.05) is 18.2 Å². The molecule has 0 saturated heterocycles. The lowest BCUT2D eigenvalue weighted by Gasteiger charge is -2.22. The fraction of sp³-hybridized carbons (Fsp3) is 0.409. The predicted molar refractivity (Wildman–Crippen MR) is 107 cm³/mol. The van der Waals surface area contributed by atoms with Crippen molar-refractivity contribution in [3.05, 3.63) is 54.1 Å². The Morgan fingerprint density at radius 2 is 1.67 bits per heavy atom. The van der Waals surface area contributed by atoms with Crippen molar-refractivity contribution in [1.29, 1.82) is 0 Å². The zero-order valence-electron chi connectivity index (χ0n) is 16.7. The number of nitrogens with one attached hydrogen (secondary N) is 1. The van der Waals surface area contributed by atoms with Crippen LogP contribution in [0.4, 0.5) is 0 Å². The fourth-order valence-corrected chi connectivity index (χ4v) is 2.60. The third kappa shape index (κ3) is 6.20. The van der Waals surface area contributed by atoms with Gasteiger partial charge in [-0.15, -0.1) is 0 Å². The highest BCUT2D eigenvalue weighted by Crippen LogP contribution is 2.30. The van der Waals surface area contributed by atoms with Gasteiger partial charge >= 0.3 is 0 Å². The number of methoxy groups -OCH3 is 1. The molecule has 0 aliphatic carbocycles. The lowest BCUT2D eigenvalue weighted by molar-refractivity contribution is -0.127. The molecule has 146 valence electrons. The molecular weight excluding hydrogens is 342 g/mol. The van der Waals surface area contributed by atoms with Crippen LogP contribution in [0.1, 0.15) is 33.3 Å². The highest BCUT2D eigenvalue weighted by atomic mass is 16.5. The van der Waals surface area contributed by atoms with Gasteiger partial charge < -0.3 is 19.5 Å². The van der Waals surface area contributed by atoms with Crippen molar-refractivity contribution >= 4 is 5.91 Å². The molecule has 0 aliphatic heterocycles. The van der Waals surface area contributed by atoms with Crippen molar-refractivity contribution in [3.8, 4) is 17.2 Å². The Hall–Kier alpha value is -2.69. The van der Waals surface area contributed by atoms with E-state index >= 15 is 0 Å². The molecule has 5 nitrogen and oxygen atoms in total. The van der Waals surface area contributed by atoms with E-state index in [-0.39, 0.29) is 11.3 Å². The molecule has 0 heterocycles. The average molecular weight is 371 g/mol. The van der Waals surface area contributed by atoms with E-state index in [0.29, 0.717) is 18.9 Å². The number of hydrogen-bond acceptors (Lipinski definition) is 4. The Bertz CT molecular complexity index is 735. The molecule has 0 radical (unpaired) electrons. The monoisotopic (exact) mass is 371 g/mol. The molecule has 2 aromatic rings. The van der Waals surface area contributed by atoms with Gasteiger partial charge in [-0.25, -0.2) is 0 Å². The summed E-state index contributed by atoms with van der Waals surface area (Å²) in [6, 6.07) is 15.1. The van der Waals surface area contributed by atoms with Crippen LogP contribution in [0.25, 0.3) is 0 Å². The molecule has 2 aromatic carbocycles. The number of benzene rings is 2. The summed E-state index contributed by atoms with van der Waals surface area (Å²) in [4.78, 5) is 12.2. The highest BCUT2D eigenvalue weighted by molar-refractivity contribution is 5.80. The molecule has 0 aliphatic rings. The summed E-state index contributed by atoms with van der Waals surface area (Å²) >= 11 is 0. The van der Waals surface area contributed by atoms with Crippen LogP contribution in [-0.2, 0) is 10.2 Å². The van der Waals surface area contributed by atoms with E-state index in [9.17, 15) is 4.79 Å². The number of para-hydroxylation sites is 1. The maximum absolute atomic E-state index is 12.2. The maximum atomic E-state index is 12.2. The first-order chi connectivity index (χ1) is 12.8. The maximum Gasteiger partial charge on any atom is 0.260 e. The third-order valence-electron chi connectivity index (χ3n) is 4.10.